The largest absolute Gasteiger partial charge is 0.493 e. The number of ether oxygens (including phenoxy) is 2. The molecule has 0 aliphatic carbocycles. The van der Waals surface area contributed by atoms with Crippen molar-refractivity contribution < 1.29 is 29.0 Å². The average molecular weight is 529 g/mol. The van der Waals surface area contributed by atoms with E-state index in [4.69, 9.17) is 21.1 Å². The Balaban J connectivity index is 1.71. The number of thioether (sulfide) groups is 1. The fourth-order valence-electron chi connectivity index (χ4n) is 3.28. The Bertz CT molecular complexity index is 1280. The van der Waals surface area contributed by atoms with Gasteiger partial charge in [0.2, 0.25) is 5.91 Å². The highest BCUT2D eigenvalue weighted by Crippen LogP contribution is 2.31. The minimum absolute atomic E-state index is 0.0216. The van der Waals surface area contributed by atoms with Gasteiger partial charge in [-0.15, -0.1) is 11.8 Å². The van der Waals surface area contributed by atoms with Gasteiger partial charge < -0.3 is 25.2 Å². The molecule has 3 aromatic carbocycles. The number of rotatable bonds is 10. The van der Waals surface area contributed by atoms with Crippen molar-refractivity contribution in [2.45, 2.75) is 23.5 Å². The number of carbonyl (C=O) groups is 3. The number of hydrogen-bond donors (Lipinski definition) is 3. The molecular weight excluding hydrogens is 504 g/mol. The van der Waals surface area contributed by atoms with Crippen LogP contribution in [0.3, 0.4) is 0 Å². The number of carbonyl (C=O) groups excluding carboxylic acids is 2. The van der Waals surface area contributed by atoms with Crippen LogP contribution in [0.1, 0.15) is 34.1 Å². The second-order valence-electron chi connectivity index (χ2n) is 7.56. The van der Waals surface area contributed by atoms with Crippen molar-refractivity contribution in [2.75, 3.05) is 24.9 Å². The van der Waals surface area contributed by atoms with E-state index in [2.05, 4.69) is 10.6 Å². The predicted octanol–water partition coefficient (Wildman–Crippen LogP) is 5.82. The molecule has 0 fully saturated rings. The molecule has 3 rings (SSSR count). The van der Waals surface area contributed by atoms with Crippen molar-refractivity contribution in [3.63, 3.8) is 0 Å². The minimum Gasteiger partial charge on any atom is -0.493 e. The first kappa shape index (κ1) is 26.9. The topological polar surface area (TPSA) is 114 Å². The molecular formula is C26H25ClN2O6S. The van der Waals surface area contributed by atoms with E-state index < -0.39 is 11.2 Å². The minimum atomic E-state index is -1.12. The van der Waals surface area contributed by atoms with Gasteiger partial charge in [-0.05, 0) is 61.0 Å². The molecule has 2 amide bonds. The van der Waals surface area contributed by atoms with Gasteiger partial charge in [-0.2, -0.15) is 0 Å². The molecule has 0 heterocycles. The lowest BCUT2D eigenvalue weighted by molar-refractivity contribution is -0.115. The Morgan fingerprint density at radius 1 is 0.944 bits per heavy atom. The van der Waals surface area contributed by atoms with E-state index in [1.54, 1.807) is 36.4 Å². The van der Waals surface area contributed by atoms with Crippen molar-refractivity contribution in [1.29, 1.82) is 0 Å². The summed E-state index contributed by atoms with van der Waals surface area (Å²) in [7, 11) is 3.02. The van der Waals surface area contributed by atoms with Crippen molar-refractivity contribution >= 4 is 52.5 Å². The van der Waals surface area contributed by atoms with Crippen molar-refractivity contribution in [3.8, 4) is 11.5 Å². The van der Waals surface area contributed by atoms with Gasteiger partial charge in [0.05, 0.1) is 35.7 Å². The molecule has 1 unspecified atom stereocenters. The number of halogens is 1. The van der Waals surface area contributed by atoms with Crippen molar-refractivity contribution in [1.82, 2.24) is 0 Å². The summed E-state index contributed by atoms with van der Waals surface area (Å²) in [6, 6.07) is 16.2. The number of anilines is 2. The van der Waals surface area contributed by atoms with E-state index in [0.717, 1.165) is 4.90 Å². The fourth-order valence-corrected chi connectivity index (χ4v) is 4.46. The van der Waals surface area contributed by atoms with Crippen LogP contribution in [0.25, 0.3) is 0 Å². The number of benzene rings is 3. The van der Waals surface area contributed by atoms with Crippen LogP contribution in [0.4, 0.5) is 11.4 Å². The molecule has 0 bridgehead atoms. The van der Waals surface area contributed by atoms with Gasteiger partial charge in [-0.25, -0.2) is 4.79 Å². The van der Waals surface area contributed by atoms with Crippen LogP contribution in [0, 0.1) is 0 Å². The first-order chi connectivity index (χ1) is 17.2. The quantitative estimate of drug-likeness (QED) is 0.284. The molecule has 0 aliphatic rings. The molecule has 0 aliphatic heterocycles. The van der Waals surface area contributed by atoms with E-state index in [1.165, 1.54) is 44.2 Å². The summed E-state index contributed by atoms with van der Waals surface area (Å²) < 4.78 is 10.5. The fraction of sp³-hybridized carbons (Fsp3) is 0.192. The van der Waals surface area contributed by atoms with E-state index in [9.17, 15) is 19.5 Å². The maximum atomic E-state index is 12.9. The number of nitrogens with one attached hydrogen (secondary N) is 2. The standard InChI is InChI=1S/C26H25ClN2O6S/c1-4-23(25(31)29-20-12-16(26(32)33)8-10-19(20)27)36-18-7-5-6-17(14-18)28-24(30)15-9-11-21(34-2)22(13-15)35-3/h5-14,23H,4H2,1-3H3,(H,28,30)(H,29,31)(H,32,33). The van der Waals surface area contributed by atoms with Gasteiger partial charge in [0, 0.05) is 16.1 Å². The monoisotopic (exact) mass is 528 g/mol. The summed E-state index contributed by atoms with van der Waals surface area (Å²) in [5.74, 6) is -0.786. The number of hydrogen-bond acceptors (Lipinski definition) is 6. The van der Waals surface area contributed by atoms with E-state index in [0.29, 0.717) is 29.2 Å². The van der Waals surface area contributed by atoms with Gasteiger partial charge in [-0.3, -0.25) is 9.59 Å². The zero-order valence-corrected chi connectivity index (χ0v) is 21.4. The smallest absolute Gasteiger partial charge is 0.335 e. The molecule has 0 saturated carbocycles. The van der Waals surface area contributed by atoms with E-state index in [-0.39, 0.29) is 28.1 Å². The Morgan fingerprint density at radius 3 is 2.33 bits per heavy atom. The van der Waals surface area contributed by atoms with Crippen LogP contribution in [-0.4, -0.2) is 42.4 Å². The number of carboxylic acids is 1. The first-order valence-electron chi connectivity index (χ1n) is 10.9. The molecule has 8 nitrogen and oxygen atoms in total. The second kappa shape index (κ2) is 12.3. The zero-order chi connectivity index (χ0) is 26.2. The number of amides is 2. The highest BCUT2D eigenvalue weighted by atomic mass is 35.5. The summed E-state index contributed by atoms with van der Waals surface area (Å²) in [5.41, 5.74) is 1.22. The number of aromatic carboxylic acids is 1. The Kier molecular flexibility index (Phi) is 9.21. The molecule has 10 heteroatoms. The van der Waals surface area contributed by atoms with Crippen molar-refractivity contribution in [3.05, 3.63) is 76.8 Å². The van der Waals surface area contributed by atoms with Gasteiger partial charge in [-0.1, -0.05) is 24.6 Å². The van der Waals surface area contributed by atoms with E-state index >= 15 is 0 Å². The van der Waals surface area contributed by atoms with Gasteiger partial charge in [0.15, 0.2) is 11.5 Å². The Morgan fingerprint density at radius 2 is 1.67 bits per heavy atom. The summed E-state index contributed by atoms with van der Waals surface area (Å²) in [4.78, 5) is 37.7. The third-order valence-electron chi connectivity index (χ3n) is 5.15. The number of methoxy groups -OCH3 is 2. The van der Waals surface area contributed by atoms with Gasteiger partial charge in [0.25, 0.3) is 5.91 Å². The highest BCUT2D eigenvalue weighted by Gasteiger charge is 2.20. The van der Waals surface area contributed by atoms with Gasteiger partial charge >= 0.3 is 5.97 Å². The van der Waals surface area contributed by atoms with Crippen LogP contribution in [-0.2, 0) is 4.79 Å². The second-order valence-corrected chi connectivity index (χ2v) is 9.24. The first-order valence-corrected chi connectivity index (χ1v) is 12.1. The molecule has 3 aromatic rings. The molecule has 0 spiro atoms. The lowest BCUT2D eigenvalue weighted by atomic mass is 10.2. The summed E-state index contributed by atoms with van der Waals surface area (Å²) in [6.45, 7) is 1.87. The van der Waals surface area contributed by atoms with Crippen LogP contribution < -0.4 is 20.1 Å². The van der Waals surface area contributed by atoms with Crippen LogP contribution in [0.15, 0.2) is 65.6 Å². The number of carboxylic acid groups (broad SMARTS) is 1. The lowest BCUT2D eigenvalue weighted by Crippen LogP contribution is -2.24. The molecule has 188 valence electrons. The molecule has 0 saturated heterocycles. The van der Waals surface area contributed by atoms with Crippen molar-refractivity contribution in [2.24, 2.45) is 0 Å². The molecule has 3 N–H and O–H groups in total. The van der Waals surface area contributed by atoms with Crippen LogP contribution >= 0.6 is 23.4 Å². The maximum Gasteiger partial charge on any atom is 0.335 e. The maximum absolute atomic E-state index is 12.9. The van der Waals surface area contributed by atoms with Crippen LogP contribution in [0.2, 0.25) is 5.02 Å². The average Bonchev–Trinajstić information content (AvgIpc) is 2.88. The summed E-state index contributed by atoms with van der Waals surface area (Å²) in [6.07, 6.45) is 0.509. The SMILES string of the molecule is CCC(Sc1cccc(NC(=O)c2ccc(OC)c(OC)c2)c1)C(=O)Nc1cc(C(=O)O)ccc1Cl. The summed E-state index contributed by atoms with van der Waals surface area (Å²) in [5, 5.41) is 14.5. The highest BCUT2D eigenvalue weighted by molar-refractivity contribution is 8.00. The molecule has 1 atom stereocenters. The van der Waals surface area contributed by atoms with Gasteiger partial charge in [0.1, 0.15) is 0 Å². The molecule has 0 aromatic heterocycles. The lowest BCUT2D eigenvalue weighted by Gasteiger charge is -2.16. The molecule has 0 radical (unpaired) electrons. The summed E-state index contributed by atoms with van der Waals surface area (Å²) >= 11 is 7.46. The normalized spacial score (nSPS) is 11.3. The molecule has 36 heavy (non-hydrogen) atoms. The Labute approximate surface area is 217 Å². The van der Waals surface area contributed by atoms with Crippen LogP contribution in [0.5, 0.6) is 11.5 Å². The zero-order valence-electron chi connectivity index (χ0n) is 19.8. The Hall–Kier alpha value is -3.69. The third-order valence-corrected chi connectivity index (χ3v) is 6.84. The third kappa shape index (κ3) is 6.71. The van der Waals surface area contributed by atoms with E-state index in [1.807, 2.05) is 13.0 Å². The predicted molar refractivity (Wildman–Crippen MR) is 141 cm³/mol.